The summed E-state index contributed by atoms with van der Waals surface area (Å²) in [5.41, 5.74) is 1.64. The van der Waals surface area contributed by atoms with Crippen LogP contribution in [0.15, 0.2) is 48.5 Å². The van der Waals surface area contributed by atoms with Crippen molar-refractivity contribution in [3.8, 4) is 17.4 Å². The first-order valence-corrected chi connectivity index (χ1v) is 12.4. The second-order valence-electron chi connectivity index (χ2n) is 9.42. The lowest BCUT2D eigenvalue weighted by molar-refractivity contribution is -0.274. The summed E-state index contributed by atoms with van der Waals surface area (Å²) in [6.45, 7) is 4.33. The van der Waals surface area contributed by atoms with E-state index >= 15 is 0 Å². The molecule has 204 valence electrons. The molecule has 0 bridgehead atoms. The predicted octanol–water partition coefficient (Wildman–Crippen LogP) is 5.69. The molecule has 0 atom stereocenters. The van der Waals surface area contributed by atoms with Crippen molar-refractivity contribution in [3.05, 3.63) is 65.4 Å². The number of benzene rings is 2. The van der Waals surface area contributed by atoms with Crippen LogP contribution < -0.4 is 14.2 Å². The van der Waals surface area contributed by atoms with Crippen LogP contribution in [0.2, 0.25) is 0 Å². The van der Waals surface area contributed by atoms with Gasteiger partial charge in [-0.1, -0.05) is 36.4 Å². The van der Waals surface area contributed by atoms with Crippen LogP contribution in [0.4, 0.5) is 13.2 Å². The minimum atomic E-state index is -4.72. The third-order valence-electron chi connectivity index (χ3n) is 6.75. The van der Waals surface area contributed by atoms with E-state index in [4.69, 9.17) is 14.2 Å². The fourth-order valence-electron chi connectivity index (χ4n) is 4.61. The zero-order valence-corrected chi connectivity index (χ0v) is 21.5. The predicted molar refractivity (Wildman–Crippen MR) is 131 cm³/mol. The number of rotatable bonds is 9. The Hall–Kier alpha value is -3.76. The number of esters is 1. The molecule has 0 aliphatic heterocycles. The van der Waals surface area contributed by atoms with Gasteiger partial charge in [-0.2, -0.15) is 0 Å². The summed E-state index contributed by atoms with van der Waals surface area (Å²) in [6.07, 6.45) is -2.09. The van der Waals surface area contributed by atoms with Crippen molar-refractivity contribution in [3.63, 3.8) is 0 Å². The van der Waals surface area contributed by atoms with Gasteiger partial charge in [-0.05, 0) is 73.4 Å². The third-order valence-corrected chi connectivity index (χ3v) is 6.75. The van der Waals surface area contributed by atoms with Crippen LogP contribution in [-0.4, -0.2) is 47.1 Å². The Balaban J connectivity index is 1.46. The van der Waals surface area contributed by atoms with Gasteiger partial charge in [-0.3, -0.25) is 0 Å². The SMILES string of the molecule is CCOC(=O)c1nnn(Cc2ccc(OC)cc2)c1OC1CCC(C)(c2ccc(OC(F)(F)F)cc2)CC1. The van der Waals surface area contributed by atoms with Gasteiger partial charge in [-0.25, -0.2) is 9.48 Å². The Morgan fingerprint density at radius 2 is 1.68 bits per heavy atom. The first-order valence-electron chi connectivity index (χ1n) is 12.4. The van der Waals surface area contributed by atoms with Crippen molar-refractivity contribution in [1.82, 2.24) is 15.0 Å². The van der Waals surface area contributed by atoms with Crippen LogP contribution in [0, 0.1) is 0 Å². The molecule has 38 heavy (non-hydrogen) atoms. The molecule has 1 aliphatic rings. The van der Waals surface area contributed by atoms with Crippen molar-refractivity contribution in [2.45, 2.75) is 64.0 Å². The first-order chi connectivity index (χ1) is 18.1. The summed E-state index contributed by atoms with van der Waals surface area (Å²) < 4.78 is 59.7. The summed E-state index contributed by atoms with van der Waals surface area (Å²) in [4.78, 5) is 12.5. The minimum Gasteiger partial charge on any atom is -0.497 e. The van der Waals surface area contributed by atoms with Gasteiger partial charge in [-0.15, -0.1) is 18.3 Å². The van der Waals surface area contributed by atoms with E-state index in [1.165, 1.54) is 12.1 Å². The van der Waals surface area contributed by atoms with Gasteiger partial charge in [0.05, 0.1) is 20.3 Å². The molecule has 0 saturated heterocycles. The van der Waals surface area contributed by atoms with E-state index in [1.807, 2.05) is 24.3 Å². The monoisotopic (exact) mass is 533 g/mol. The fourth-order valence-corrected chi connectivity index (χ4v) is 4.61. The second-order valence-corrected chi connectivity index (χ2v) is 9.42. The molecule has 1 aliphatic carbocycles. The third kappa shape index (κ3) is 6.56. The second kappa shape index (κ2) is 11.3. The molecule has 1 fully saturated rings. The van der Waals surface area contributed by atoms with E-state index in [0.717, 1.165) is 29.7 Å². The molecule has 8 nitrogen and oxygen atoms in total. The smallest absolute Gasteiger partial charge is 0.497 e. The van der Waals surface area contributed by atoms with Crippen molar-refractivity contribution in [2.24, 2.45) is 0 Å². The van der Waals surface area contributed by atoms with E-state index in [1.54, 1.807) is 30.8 Å². The number of ether oxygens (including phenoxy) is 4. The number of carbonyl (C=O) groups is 1. The van der Waals surface area contributed by atoms with E-state index < -0.39 is 12.3 Å². The topological polar surface area (TPSA) is 84.7 Å². The highest BCUT2D eigenvalue weighted by Crippen LogP contribution is 2.41. The Labute approximate surface area is 218 Å². The van der Waals surface area contributed by atoms with Crippen LogP contribution in [0.1, 0.15) is 61.1 Å². The zero-order valence-electron chi connectivity index (χ0n) is 21.5. The van der Waals surface area contributed by atoms with Gasteiger partial charge in [0.2, 0.25) is 11.6 Å². The molecule has 1 aromatic heterocycles. The molecular formula is C27H30F3N3O5. The number of carbonyl (C=O) groups excluding carboxylic acids is 1. The standard InChI is InChI=1S/C27H30F3N3O5/c1-4-36-25(34)23-24(33(32-31-23)17-18-5-9-20(35-3)10-6-18)37-21-13-15-26(2,16-14-21)19-7-11-22(12-8-19)38-27(28,29)30/h5-12,21H,4,13-17H2,1-3H3. The van der Waals surface area contributed by atoms with E-state index in [9.17, 15) is 18.0 Å². The van der Waals surface area contributed by atoms with Crippen LogP contribution in [0.25, 0.3) is 0 Å². The molecule has 0 N–H and O–H groups in total. The van der Waals surface area contributed by atoms with Crippen molar-refractivity contribution in [1.29, 1.82) is 0 Å². The van der Waals surface area contributed by atoms with Gasteiger partial charge in [0.25, 0.3) is 0 Å². The summed E-state index contributed by atoms with van der Waals surface area (Å²) >= 11 is 0. The number of aromatic nitrogens is 3. The highest BCUT2D eigenvalue weighted by molar-refractivity contribution is 5.89. The lowest BCUT2D eigenvalue weighted by atomic mass is 9.70. The van der Waals surface area contributed by atoms with Gasteiger partial charge in [0.15, 0.2) is 0 Å². The van der Waals surface area contributed by atoms with Crippen LogP contribution in [0.5, 0.6) is 17.4 Å². The molecule has 1 saturated carbocycles. The number of halogens is 3. The molecule has 0 radical (unpaired) electrons. The lowest BCUT2D eigenvalue weighted by Gasteiger charge is -2.37. The maximum atomic E-state index is 12.5. The molecule has 2 aromatic carbocycles. The molecular weight excluding hydrogens is 503 g/mol. The summed E-state index contributed by atoms with van der Waals surface area (Å²) in [7, 11) is 1.59. The van der Waals surface area contributed by atoms with Gasteiger partial charge in [0, 0.05) is 0 Å². The van der Waals surface area contributed by atoms with Crippen molar-refractivity contribution < 1.29 is 36.9 Å². The van der Waals surface area contributed by atoms with Crippen LogP contribution >= 0.6 is 0 Å². The van der Waals surface area contributed by atoms with Gasteiger partial charge in [0.1, 0.15) is 17.6 Å². The lowest BCUT2D eigenvalue weighted by Crippen LogP contribution is -2.34. The largest absolute Gasteiger partial charge is 0.573 e. The molecule has 0 amide bonds. The number of alkyl halides is 3. The average Bonchev–Trinajstić information content (AvgIpc) is 3.27. The number of methoxy groups -OCH3 is 1. The molecule has 0 unspecified atom stereocenters. The quantitative estimate of drug-likeness (QED) is 0.327. The normalized spacial score (nSPS) is 19.6. The summed E-state index contributed by atoms with van der Waals surface area (Å²) in [5, 5.41) is 8.19. The van der Waals surface area contributed by atoms with E-state index in [0.29, 0.717) is 19.4 Å². The highest BCUT2D eigenvalue weighted by atomic mass is 19.4. The minimum absolute atomic E-state index is 0.0222. The molecule has 0 spiro atoms. The van der Waals surface area contributed by atoms with E-state index in [-0.39, 0.29) is 35.4 Å². The Bertz CT molecular complexity index is 1220. The summed E-state index contributed by atoms with van der Waals surface area (Å²) in [6, 6.07) is 13.5. The van der Waals surface area contributed by atoms with Crippen molar-refractivity contribution in [2.75, 3.05) is 13.7 Å². The van der Waals surface area contributed by atoms with Gasteiger partial charge >= 0.3 is 12.3 Å². The molecule has 4 rings (SSSR count). The maximum absolute atomic E-state index is 12.5. The highest BCUT2D eigenvalue weighted by Gasteiger charge is 2.36. The fraction of sp³-hybridized carbons (Fsp3) is 0.444. The molecule has 11 heteroatoms. The van der Waals surface area contributed by atoms with Gasteiger partial charge < -0.3 is 18.9 Å². The number of nitrogens with zero attached hydrogens (tertiary/aromatic N) is 3. The van der Waals surface area contributed by atoms with Crippen molar-refractivity contribution >= 4 is 5.97 Å². The van der Waals surface area contributed by atoms with Crippen LogP contribution in [-0.2, 0) is 16.7 Å². The summed E-state index contributed by atoms with van der Waals surface area (Å²) in [5.74, 6) is 0.126. The zero-order chi connectivity index (χ0) is 27.3. The number of hydrogen-bond donors (Lipinski definition) is 0. The number of hydrogen-bond acceptors (Lipinski definition) is 7. The molecule has 1 heterocycles. The van der Waals surface area contributed by atoms with Crippen LogP contribution in [0.3, 0.4) is 0 Å². The maximum Gasteiger partial charge on any atom is 0.573 e. The average molecular weight is 534 g/mol. The Kier molecular flexibility index (Phi) is 8.13. The Morgan fingerprint density at radius 3 is 2.26 bits per heavy atom. The Morgan fingerprint density at radius 1 is 1.05 bits per heavy atom. The first kappa shape index (κ1) is 27.3. The molecule has 3 aromatic rings. The van der Waals surface area contributed by atoms with E-state index in [2.05, 4.69) is 22.0 Å².